The number of pyridine rings is 1. The standard InChI is InChI=1S/C24H32N4O/c29-24(27-13-3-4-14-27)19-6-5-15-28(18-19)20-10-16-26(17-11-20)23-9-12-25-22-8-2-1-7-21(22)23/h1-2,7-9,12,19-20H,3-6,10-11,13-18H2. The van der Waals surface area contributed by atoms with E-state index in [0.29, 0.717) is 11.9 Å². The fourth-order valence-electron chi connectivity index (χ4n) is 5.56. The number of likely N-dealkylation sites (tertiary alicyclic amines) is 2. The van der Waals surface area contributed by atoms with E-state index in [2.05, 4.69) is 50.0 Å². The van der Waals surface area contributed by atoms with Crippen LogP contribution in [0.2, 0.25) is 0 Å². The lowest BCUT2D eigenvalue weighted by molar-refractivity contribution is -0.136. The molecule has 0 aliphatic carbocycles. The normalized spacial score (nSPS) is 24.3. The molecule has 5 rings (SSSR count). The minimum absolute atomic E-state index is 0.226. The Balaban J connectivity index is 1.22. The number of rotatable bonds is 3. The summed E-state index contributed by atoms with van der Waals surface area (Å²) in [7, 11) is 0. The van der Waals surface area contributed by atoms with Crippen molar-refractivity contribution in [3.05, 3.63) is 36.5 Å². The number of anilines is 1. The molecular formula is C24H32N4O. The van der Waals surface area contributed by atoms with Crippen molar-refractivity contribution >= 4 is 22.5 Å². The number of piperidine rings is 2. The van der Waals surface area contributed by atoms with Gasteiger partial charge in [-0.3, -0.25) is 14.7 Å². The Hall–Kier alpha value is -2.14. The van der Waals surface area contributed by atoms with Crippen molar-refractivity contribution in [1.82, 2.24) is 14.8 Å². The van der Waals surface area contributed by atoms with E-state index >= 15 is 0 Å². The molecule has 0 spiro atoms. The quantitative estimate of drug-likeness (QED) is 0.801. The highest BCUT2D eigenvalue weighted by molar-refractivity contribution is 5.91. The molecule has 1 amide bonds. The van der Waals surface area contributed by atoms with Crippen LogP contribution in [0.4, 0.5) is 5.69 Å². The zero-order valence-corrected chi connectivity index (χ0v) is 17.3. The number of fused-ring (bicyclic) bond motifs is 1. The molecule has 3 fully saturated rings. The van der Waals surface area contributed by atoms with Gasteiger partial charge in [-0.05, 0) is 57.2 Å². The van der Waals surface area contributed by atoms with Crippen LogP contribution in [0.1, 0.15) is 38.5 Å². The number of aromatic nitrogens is 1. The highest BCUT2D eigenvalue weighted by Crippen LogP contribution is 2.30. The average molecular weight is 393 g/mol. The third-order valence-electron chi connectivity index (χ3n) is 7.17. The summed E-state index contributed by atoms with van der Waals surface area (Å²) in [5, 5.41) is 1.25. The number of carbonyl (C=O) groups excluding carboxylic acids is 1. The van der Waals surface area contributed by atoms with Crippen molar-refractivity contribution in [2.75, 3.05) is 44.2 Å². The first-order valence-electron chi connectivity index (χ1n) is 11.4. The van der Waals surface area contributed by atoms with Gasteiger partial charge in [0.1, 0.15) is 0 Å². The van der Waals surface area contributed by atoms with Crippen LogP contribution in [0.5, 0.6) is 0 Å². The summed E-state index contributed by atoms with van der Waals surface area (Å²) < 4.78 is 0. The van der Waals surface area contributed by atoms with E-state index in [0.717, 1.165) is 51.2 Å². The van der Waals surface area contributed by atoms with Crippen LogP contribution >= 0.6 is 0 Å². The van der Waals surface area contributed by atoms with Crippen molar-refractivity contribution in [3.63, 3.8) is 0 Å². The Kier molecular flexibility index (Phi) is 5.40. The Morgan fingerprint density at radius 3 is 2.52 bits per heavy atom. The van der Waals surface area contributed by atoms with Crippen LogP contribution in [0.3, 0.4) is 0 Å². The van der Waals surface area contributed by atoms with E-state index in [-0.39, 0.29) is 5.92 Å². The molecule has 1 unspecified atom stereocenters. The van der Waals surface area contributed by atoms with Gasteiger partial charge in [0.05, 0.1) is 11.4 Å². The molecule has 1 aromatic carbocycles. The summed E-state index contributed by atoms with van der Waals surface area (Å²) in [6.45, 7) is 6.26. The molecule has 0 radical (unpaired) electrons. The number of hydrogen-bond donors (Lipinski definition) is 0. The lowest BCUT2D eigenvalue weighted by atomic mass is 9.92. The molecule has 0 bridgehead atoms. The molecule has 0 N–H and O–H groups in total. The summed E-state index contributed by atoms with van der Waals surface area (Å²) >= 11 is 0. The Morgan fingerprint density at radius 1 is 0.897 bits per heavy atom. The first-order chi connectivity index (χ1) is 14.3. The summed E-state index contributed by atoms with van der Waals surface area (Å²) in [5.41, 5.74) is 2.39. The van der Waals surface area contributed by atoms with Crippen LogP contribution in [0.15, 0.2) is 36.5 Å². The van der Waals surface area contributed by atoms with Gasteiger partial charge in [-0.25, -0.2) is 0 Å². The molecule has 0 saturated carbocycles. The second kappa shape index (κ2) is 8.31. The van der Waals surface area contributed by atoms with Gasteiger partial charge in [-0.1, -0.05) is 18.2 Å². The van der Waals surface area contributed by atoms with Crippen molar-refractivity contribution in [3.8, 4) is 0 Å². The van der Waals surface area contributed by atoms with Gasteiger partial charge in [0, 0.05) is 56.0 Å². The largest absolute Gasteiger partial charge is 0.371 e. The van der Waals surface area contributed by atoms with Crippen LogP contribution in [0.25, 0.3) is 10.9 Å². The lowest BCUT2D eigenvalue weighted by Crippen LogP contribution is -2.51. The number of carbonyl (C=O) groups is 1. The van der Waals surface area contributed by atoms with Crippen molar-refractivity contribution < 1.29 is 4.79 Å². The maximum absolute atomic E-state index is 12.9. The Morgan fingerprint density at radius 2 is 1.69 bits per heavy atom. The summed E-state index contributed by atoms with van der Waals surface area (Å²) in [5.74, 6) is 0.650. The Bertz CT molecular complexity index is 850. The van der Waals surface area contributed by atoms with E-state index in [4.69, 9.17) is 0 Å². The number of nitrogens with zero attached hydrogens (tertiary/aromatic N) is 4. The number of para-hydroxylation sites is 1. The van der Waals surface area contributed by atoms with Crippen LogP contribution < -0.4 is 4.90 Å². The molecular weight excluding hydrogens is 360 g/mol. The highest BCUT2D eigenvalue weighted by Gasteiger charge is 2.34. The average Bonchev–Trinajstić information content (AvgIpc) is 3.33. The smallest absolute Gasteiger partial charge is 0.226 e. The molecule has 3 aliphatic heterocycles. The molecule has 5 nitrogen and oxygen atoms in total. The molecule has 154 valence electrons. The van der Waals surface area contributed by atoms with E-state index < -0.39 is 0 Å². The number of hydrogen-bond acceptors (Lipinski definition) is 4. The number of amides is 1. The molecule has 2 aromatic rings. The van der Waals surface area contributed by atoms with E-state index in [1.54, 1.807) is 0 Å². The van der Waals surface area contributed by atoms with Crippen LogP contribution in [0, 0.1) is 5.92 Å². The molecule has 4 heterocycles. The van der Waals surface area contributed by atoms with E-state index in [1.165, 1.54) is 43.2 Å². The van der Waals surface area contributed by atoms with Crippen LogP contribution in [-0.4, -0.2) is 66.0 Å². The predicted molar refractivity (Wildman–Crippen MR) is 117 cm³/mol. The van der Waals surface area contributed by atoms with Gasteiger partial charge in [0.15, 0.2) is 0 Å². The minimum Gasteiger partial charge on any atom is -0.371 e. The monoisotopic (exact) mass is 392 g/mol. The molecule has 3 aliphatic rings. The maximum Gasteiger partial charge on any atom is 0.226 e. The molecule has 29 heavy (non-hydrogen) atoms. The summed E-state index contributed by atoms with van der Waals surface area (Å²) in [6.07, 6.45) is 8.91. The van der Waals surface area contributed by atoms with Gasteiger partial charge < -0.3 is 9.80 Å². The van der Waals surface area contributed by atoms with E-state index in [9.17, 15) is 4.79 Å². The van der Waals surface area contributed by atoms with Crippen molar-refractivity contribution in [2.24, 2.45) is 5.92 Å². The third kappa shape index (κ3) is 3.85. The SMILES string of the molecule is O=C(C1CCCN(C2CCN(c3ccnc4ccccc34)CC2)C1)N1CCCC1. The van der Waals surface area contributed by atoms with Gasteiger partial charge in [-0.2, -0.15) is 0 Å². The van der Waals surface area contributed by atoms with Gasteiger partial charge >= 0.3 is 0 Å². The summed E-state index contributed by atoms with van der Waals surface area (Å²) in [4.78, 5) is 24.7. The fraction of sp³-hybridized carbons (Fsp3) is 0.583. The molecule has 3 saturated heterocycles. The predicted octanol–water partition coefficient (Wildman–Crippen LogP) is 3.54. The van der Waals surface area contributed by atoms with Gasteiger partial charge in [0.25, 0.3) is 0 Å². The molecule has 5 heteroatoms. The first kappa shape index (κ1) is 18.9. The third-order valence-corrected chi connectivity index (χ3v) is 7.17. The second-order valence-electron chi connectivity index (χ2n) is 8.93. The highest BCUT2D eigenvalue weighted by atomic mass is 16.2. The first-order valence-corrected chi connectivity index (χ1v) is 11.4. The minimum atomic E-state index is 0.226. The zero-order chi connectivity index (χ0) is 19.6. The van der Waals surface area contributed by atoms with Crippen molar-refractivity contribution in [1.29, 1.82) is 0 Å². The molecule has 1 atom stereocenters. The van der Waals surface area contributed by atoms with Crippen molar-refractivity contribution in [2.45, 2.75) is 44.6 Å². The van der Waals surface area contributed by atoms with Gasteiger partial charge in [-0.15, -0.1) is 0 Å². The van der Waals surface area contributed by atoms with Gasteiger partial charge in [0.2, 0.25) is 5.91 Å². The number of benzene rings is 1. The fourth-order valence-corrected chi connectivity index (χ4v) is 5.56. The summed E-state index contributed by atoms with van der Waals surface area (Å²) in [6, 6.07) is 11.2. The van der Waals surface area contributed by atoms with Crippen LogP contribution in [-0.2, 0) is 4.79 Å². The second-order valence-corrected chi connectivity index (χ2v) is 8.93. The Labute approximate surface area is 173 Å². The zero-order valence-electron chi connectivity index (χ0n) is 17.3. The lowest BCUT2D eigenvalue weighted by Gasteiger charge is -2.43. The topological polar surface area (TPSA) is 39.7 Å². The maximum atomic E-state index is 12.9. The molecule has 1 aromatic heterocycles. The van der Waals surface area contributed by atoms with E-state index in [1.807, 2.05) is 6.20 Å².